The Hall–Kier alpha value is -3.64. The highest BCUT2D eigenvalue weighted by Crippen LogP contribution is 2.19. The predicted molar refractivity (Wildman–Crippen MR) is 116 cm³/mol. The number of rotatable bonds is 7. The quantitative estimate of drug-likeness (QED) is 0.560. The van der Waals surface area contributed by atoms with Crippen molar-refractivity contribution in [2.45, 2.75) is 13.0 Å². The third-order valence-corrected chi connectivity index (χ3v) is 4.74. The number of hydrogen-bond acceptors (Lipinski definition) is 4. The monoisotopic (exact) mass is 404 g/mol. The molecule has 0 heterocycles. The minimum absolute atomic E-state index is 0.0603. The van der Waals surface area contributed by atoms with Crippen LogP contribution >= 0.6 is 0 Å². The molecule has 2 amide bonds. The summed E-state index contributed by atoms with van der Waals surface area (Å²) in [5.41, 5.74) is 3.01. The summed E-state index contributed by atoms with van der Waals surface area (Å²) in [5.74, 6) is 0.115. The molecule has 3 aromatic carbocycles. The van der Waals surface area contributed by atoms with Crippen LogP contribution in [0.15, 0.2) is 72.8 Å². The van der Waals surface area contributed by atoms with E-state index in [4.69, 9.17) is 4.74 Å². The van der Waals surface area contributed by atoms with Crippen LogP contribution in [0.3, 0.4) is 0 Å². The first-order chi connectivity index (χ1) is 14.5. The summed E-state index contributed by atoms with van der Waals surface area (Å²) in [6.07, 6.45) is -0.845. The number of hydrogen-bond donors (Lipinski definition) is 3. The van der Waals surface area contributed by atoms with Crippen molar-refractivity contribution in [1.29, 1.82) is 0 Å². The molecule has 0 saturated carbocycles. The first-order valence-corrected chi connectivity index (χ1v) is 9.55. The Labute approximate surface area is 175 Å². The zero-order valence-electron chi connectivity index (χ0n) is 16.9. The largest absolute Gasteiger partial charge is 0.497 e. The molecular weight excluding hydrogens is 380 g/mol. The topological polar surface area (TPSA) is 87.7 Å². The molecule has 6 heteroatoms. The highest BCUT2D eigenvalue weighted by molar-refractivity contribution is 6.05. The number of carbonyl (C=O) groups is 2. The molecule has 0 spiro atoms. The number of aryl methyl sites for hydroxylation is 1. The highest BCUT2D eigenvalue weighted by Gasteiger charge is 2.14. The van der Waals surface area contributed by atoms with E-state index in [1.54, 1.807) is 73.8 Å². The van der Waals surface area contributed by atoms with E-state index in [1.807, 2.05) is 13.0 Å². The second kappa shape index (κ2) is 9.71. The smallest absolute Gasteiger partial charge is 0.255 e. The van der Waals surface area contributed by atoms with E-state index >= 15 is 0 Å². The molecule has 3 aromatic rings. The molecule has 0 bridgehead atoms. The van der Waals surface area contributed by atoms with E-state index < -0.39 is 6.10 Å². The zero-order valence-corrected chi connectivity index (χ0v) is 16.9. The van der Waals surface area contributed by atoms with Crippen LogP contribution in [0.2, 0.25) is 0 Å². The van der Waals surface area contributed by atoms with Gasteiger partial charge in [0.2, 0.25) is 0 Å². The Morgan fingerprint density at radius 3 is 2.30 bits per heavy atom. The Balaban J connectivity index is 1.64. The van der Waals surface area contributed by atoms with Crippen molar-refractivity contribution in [3.63, 3.8) is 0 Å². The maximum atomic E-state index is 12.5. The van der Waals surface area contributed by atoms with E-state index in [9.17, 15) is 14.7 Å². The van der Waals surface area contributed by atoms with Crippen LogP contribution in [0, 0.1) is 6.92 Å². The van der Waals surface area contributed by atoms with Crippen molar-refractivity contribution < 1.29 is 19.4 Å². The summed E-state index contributed by atoms with van der Waals surface area (Å²) in [4.78, 5) is 25.0. The molecular formula is C24H24N2O4. The van der Waals surface area contributed by atoms with Gasteiger partial charge in [-0.3, -0.25) is 9.59 Å². The van der Waals surface area contributed by atoms with Crippen molar-refractivity contribution in [2.24, 2.45) is 0 Å². The third-order valence-electron chi connectivity index (χ3n) is 4.74. The highest BCUT2D eigenvalue weighted by atomic mass is 16.5. The second-order valence-corrected chi connectivity index (χ2v) is 6.85. The van der Waals surface area contributed by atoms with Gasteiger partial charge in [-0.15, -0.1) is 0 Å². The van der Waals surface area contributed by atoms with Crippen LogP contribution in [0.5, 0.6) is 5.75 Å². The first kappa shape index (κ1) is 21.1. The van der Waals surface area contributed by atoms with Crippen LogP contribution in [0.4, 0.5) is 5.69 Å². The number of ether oxygens (including phenoxy) is 1. The lowest BCUT2D eigenvalue weighted by molar-refractivity contribution is 0.0915. The summed E-state index contributed by atoms with van der Waals surface area (Å²) < 4.78 is 5.10. The molecule has 0 aliphatic heterocycles. The van der Waals surface area contributed by atoms with Gasteiger partial charge in [0, 0.05) is 23.4 Å². The average molecular weight is 404 g/mol. The van der Waals surface area contributed by atoms with Crippen LogP contribution in [-0.4, -0.2) is 30.6 Å². The Bertz CT molecular complexity index is 1020. The van der Waals surface area contributed by atoms with Gasteiger partial charge < -0.3 is 20.5 Å². The molecule has 0 radical (unpaired) electrons. The molecule has 6 nitrogen and oxygen atoms in total. The third kappa shape index (κ3) is 5.24. The van der Waals surface area contributed by atoms with Crippen LogP contribution < -0.4 is 15.4 Å². The van der Waals surface area contributed by atoms with E-state index in [0.29, 0.717) is 28.1 Å². The fraction of sp³-hybridized carbons (Fsp3) is 0.167. The average Bonchev–Trinajstić information content (AvgIpc) is 2.79. The second-order valence-electron chi connectivity index (χ2n) is 6.85. The van der Waals surface area contributed by atoms with Gasteiger partial charge >= 0.3 is 0 Å². The number of aliphatic hydroxyl groups is 1. The van der Waals surface area contributed by atoms with E-state index in [0.717, 1.165) is 5.56 Å². The van der Waals surface area contributed by atoms with Gasteiger partial charge in [0.1, 0.15) is 5.75 Å². The maximum Gasteiger partial charge on any atom is 0.255 e. The van der Waals surface area contributed by atoms with Gasteiger partial charge in [0.15, 0.2) is 0 Å². The van der Waals surface area contributed by atoms with E-state index in [1.165, 1.54) is 0 Å². The van der Waals surface area contributed by atoms with Crippen molar-refractivity contribution in [2.75, 3.05) is 19.0 Å². The van der Waals surface area contributed by atoms with Crippen molar-refractivity contribution in [3.8, 4) is 5.75 Å². The lowest BCUT2D eigenvalue weighted by Crippen LogP contribution is -2.28. The number of carbonyl (C=O) groups excluding carboxylic acids is 2. The SMILES string of the molecule is COc1ccc(C(O)CNC(=O)c2ccc(C)c(NC(=O)c3ccccc3)c2)cc1. The standard InChI is InChI=1S/C24H24N2O4/c1-16-8-9-19(14-21(16)26-24(29)18-6-4-3-5-7-18)23(28)25-15-22(27)17-10-12-20(30-2)13-11-17/h3-14,22,27H,15H2,1-2H3,(H,25,28)(H,26,29). The molecule has 1 atom stereocenters. The minimum Gasteiger partial charge on any atom is -0.497 e. The summed E-state index contributed by atoms with van der Waals surface area (Å²) >= 11 is 0. The summed E-state index contributed by atoms with van der Waals surface area (Å²) in [7, 11) is 1.57. The number of methoxy groups -OCH3 is 1. The molecule has 3 rings (SSSR count). The molecule has 1 unspecified atom stereocenters. The molecule has 0 saturated heterocycles. The van der Waals surface area contributed by atoms with Gasteiger partial charge in [-0.1, -0.05) is 36.4 Å². The molecule has 30 heavy (non-hydrogen) atoms. The number of anilines is 1. The van der Waals surface area contributed by atoms with E-state index in [2.05, 4.69) is 10.6 Å². The Morgan fingerprint density at radius 2 is 1.63 bits per heavy atom. The van der Waals surface area contributed by atoms with Crippen LogP contribution in [0.25, 0.3) is 0 Å². The zero-order chi connectivity index (χ0) is 21.5. The summed E-state index contributed by atoms with van der Waals surface area (Å²) in [5, 5.41) is 15.9. The number of nitrogens with one attached hydrogen (secondary N) is 2. The van der Waals surface area contributed by atoms with Gasteiger partial charge in [-0.25, -0.2) is 0 Å². The lowest BCUT2D eigenvalue weighted by Gasteiger charge is -2.14. The lowest BCUT2D eigenvalue weighted by atomic mass is 10.1. The van der Waals surface area contributed by atoms with E-state index in [-0.39, 0.29) is 18.4 Å². The van der Waals surface area contributed by atoms with Crippen LogP contribution in [0.1, 0.15) is 37.9 Å². The Morgan fingerprint density at radius 1 is 0.933 bits per heavy atom. The van der Waals surface area contributed by atoms with Gasteiger partial charge in [-0.2, -0.15) is 0 Å². The molecule has 3 N–H and O–H groups in total. The summed E-state index contributed by atoms with van der Waals surface area (Å²) in [6, 6.07) is 21.0. The fourth-order valence-electron chi connectivity index (χ4n) is 2.92. The summed E-state index contributed by atoms with van der Waals surface area (Å²) in [6.45, 7) is 1.92. The Kier molecular flexibility index (Phi) is 6.83. The number of aliphatic hydroxyl groups excluding tert-OH is 1. The van der Waals surface area contributed by atoms with Gasteiger partial charge in [0.25, 0.3) is 11.8 Å². The first-order valence-electron chi connectivity index (χ1n) is 9.55. The van der Waals surface area contributed by atoms with Crippen LogP contribution in [-0.2, 0) is 0 Å². The van der Waals surface area contributed by atoms with Crippen molar-refractivity contribution in [1.82, 2.24) is 5.32 Å². The molecule has 0 aromatic heterocycles. The minimum atomic E-state index is -0.845. The molecule has 0 aliphatic rings. The van der Waals surface area contributed by atoms with Crippen molar-refractivity contribution in [3.05, 3.63) is 95.1 Å². The molecule has 154 valence electrons. The maximum absolute atomic E-state index is 12.5. The molecule has 0 fully saturated rings. The van der Waals surface area contributed by atoms with Gasteiger partial charge in [-0.05, 0) is 54.4 Å². The van der Waals surface area contributed by atoms with Crippen molar-refractivity contribution >= 4 is 17.5 Å². The normalized spacial score (nSPS) is 11.4. The fourth-order valence-corrected chi connectivity index (χ4v) is 2.92. The number of benzene rings is 3. The molecule has 0 aliphatic carbocycles. The predicted octanol–water partition coefficient (Wildman–Crippen LogP) is 3.72. The number of amides is 2. The van der Waals surface area contributed by atoms with Gasteiger partial charge in [0.05, 0.1) is 13.2 Å².